The van der Waals surface area contributed by atoms with Gasteiger partial charge in [-0.3, -0.25) is 4.79 Å². The van der Waals surface area contributed by atoms with Crippen LogP contribution >= 0.6 is 0 Å². The molecule has 0 aromatic heterocycles. The predicted octanol–water partition coefficient (Wildman–Crippen LogP) is 3.68. The number of carbonyl (C=O) groups excluding carboxylic acids is 1. The monoisotopic (exact) mass is 311 g/mol. The fraction of sp³-hybridized carbons (Fsp3) is 0.316. The fourth-order valence-electron chi connectivity index (χ4n) is 3.06. The van der Waals surface area contributed by atoms with Crippen LogP contribution in [0.5, 0.6) is 11.5 Å². The van der Waals surface area contributed by atoms with Crippen molar-refractivity contribution in [1.82, 2.24) is 0 Å². The average Bonchev–Trinajstić information content (AvgIpc) is 2.87. The van der Waals surface area contributed by atoms with E-state index < -0.39 is 0 Å². The summed E-state index contributed by atoms with van der Waals surface area (Å²) in [5.74, 6) is 1.33. The number of anilines is 1. The molecule has 1 atom stereocenters. The maximum absolute atomic E-state index is 12.3. The first kappa shape index (κ1) is 15.4. The first-order valence-corrected chi connectivity index (χ1v) is 7.84. The Morgan fingerprint density at radius 3 is 2.74 bits per heavy atom. The SMILES string of the molecule is CCOc1ccc(C[C@@H]2C(=O)Nc3c(C)cccc32)cc1OC. The zero-order valence-corrected chi connectivity index (χ0v) is 13.7. The number of benzene rings is 2. The second kappa shape index (κ2) is 6.32. The Morgan fingerprint density at radius 1 is 1.17 bits per heavy atom. The van der Waals surface area contributed by atoms with Crippen molar-refractivity contribution in [3.8, 4) is 11.5 Å². The van der Waals surface area contributed by atoms with Crippen LogP contribution in [0.15, 0.2) is 36.4 Å². The number of nitrogens with one attached hydrogen (secondary N) is 1. The van der Waals surface area contributed by atoms with E-state index in [-0.39, 0.29) is 11.8 Å². The summed E-state index contributed by atoms with van der Waals surface area (Å²) >= 11 is 0. The molecule has 0 spiro atoms. The summed E-state index contributed by atoms with van der Waals surface area (Å²) in [6, 6.07) is 11.9. The Hall–Kier alpha value is -2.49. The van der Waals surface area contributed by atoms with Gasteiger partial charge in [-0.2, -0.15) is 0 Å². The summed E-state index contributed by atoms with van der Waals surface area (Å²) in [7, 11) is 1.63. The second-order valence-corrected chi connectivity index (χ2v) is 5.70. The first-order chi connectivity index (χ1) is 11.1. The number of carbonyl (C=O) groups is 1. The summed E-state index contributed by atoms with van der Waals surface area (Å²) in [4.78, 5) is 12.3. The zero-order chi connectivity index (χ0) is 16.4. The number of hydrogen-bond donors (Lipinski definition) is 1. The van der Waals surface area contributed by atoms with Crippen LogP contribution in [0.25, 0.3) is 0 Å². The molecule has 3 rings (SSSR count). The average molecular weight is 311 g/mol. The van der Waals surface area contributed by atoms with Crippen molar-refractivity contribution >= 4 is 11.6 Å². The highest BCUT2D eigenvalue weighted by Crippen LogP contribution is 2.38. The van der Waals surface area contributed by atoms with E-state index in [9.17, 15) is 4.79 Å². The molecule has 23 heavy (non-hydrogen) atoms. The van der Waals surface area contributed by atoms with Gasteiger partial charge in [0.25, 0.3) is 0 Å². The Bertz CT molecular complexity index is 739. The van der Waals surface area contributed by atoms with E-state index >= 15 is 0 Å². The third-order valence-corrected chi connectivity index (χ3v) is 4.21. The topological polar surface area (TPSA) is 47.6 Å². The minimum Gasteiger partial charge on any atom is -0.493 e. The third kappa shape index (κ3) is 2.89. The van der Waals surface area contributed by atoms with Crippen LogP contribution in [-0.2, 0) is 11.2 Å². The Balaban J connectivity index is 1.88. The zero-order valence-electron chi connectivity index (χ0n) is 13.7. The summed E-state index contributed by atoms with van der Waals surface area (Å²) < 4.78 is 10.9. The van der Waals surface area contributed by atoms with Crippen LogP contribution in [0.3, 0.4) is 0 Å². The second-order valence-electron chi connectivity index (χ2n) is 5.70. The van der Waals surface area contributed by atoms with Crippen LogP contribution in [0.2, 0.25) is 0 Å². The van der Waals surface area contributed by atoms with Crippen LogP contribution in [0.4, 0.5) is 5.69 Å². The largest absolute Gasteiger partial charge is 0.493 e. The van der Waals surface area contributed by atoms with Crippen molar-refractivity contribution in [2.24, 2.45) is 0 Å². The van der Waals surface area contributed by atoms with Gasteiger partial charge < -0.3 is 14.8 Å². The lowest BCUT2D eigenvalue weighted by molar-refractivity contribution is -0.117. The van der Waals surface area contributed by atoms with E-state index in [1.807, 2.05) is 50.2 Å². The molecule has 2 aromatic rings. The number of hydrogen-bond acceptors (Lipinski definition) is 3. The molecule has 0 aliphatic carbocycles. The van der Waals surface area contributed by atoms with Crippen molar-refractivity contribution in [2.75, 3.05) is 19.0 Å². The lowest BCUT2D eigenvalue weighted by atomic mass is 9.92. The lowest BCUT2D eigenvalue weighted by Gasteiger charge is -2.13. The number of aryl methyl sites for hydroxylation is 1. The van der Waals surface area contributed by atoms with E-state index in [1.165, 1.54) is 0 Å². The molecule has 120 valence electrons. The third-order valence-electron chi connectivity index (χ3n) is 4.21. The number of rotatable bonds is 5. The summed E-state index contributed by atoms with van der Waals surface area (Å²) in [5.41, 5.74) is 4.19. The molecule has 0 fully saturated rings. The smallest absolute Gasteiger partial charge is 0.232 e. The van der Waals surface area contributed by atoms with Crippen molar-refractivity contribution in [3.05, 3.63) is 53.1 Å². The highest BCUT2D eigenvalue weighted by Gasteiger charge is 2.31. The molecule has 0 bridgehead atoms. The van der Waals surface area contributed by atoms with E-state index in [0.29, 0.717) is 18.8 Å². The number of amides is 1. The van der Waals surface area contributed by atoms with Gasteiger partial charge >= 0.3 is 0 Å². The molecule has 1 N–H and O–H groups in total. The van der Waals surface area contributed by atoms with Crippen molar-refractivity contribution < 1.29 is 14.3 Å². The summed E-state index contributed by atoms with van der Waals surface area (Å²) in [5, 5.41) is 3.00. The molecule has 0 radical (unpaired) electrons. The molecule has 1 heterocycles. The lowest BCUT2D eigenvalue weighted by Crippen LogP contribution is -2.14. The molecular formula is C19H21NO3. The summed E-state index contributed by atoms with van der Waals surface area (Å²) in [6.45, 7) is 4.55. The van der Waals surface area contributed by atoms with E-state index in [4.69, 9.17) is 9.47 Å². The van der Waals surface area contributed by atoms with Gasteiger partial charge in [-0.1, -0.05) is 24.3 Å². The molecule has 2 aromatic carbocycles. The van der Waals surface area contributed by atoms with Gasteiger partial charge in [-0.25, -0.2) is 0 Å². The molecule has 1 amide bonds. The highest BCUT2D eigenvalue weighted by atomic mass is 16.5. The Morgan fingerprint density at radius 2 is 2.00 bits per heavy atom. The van der Waals surface area contributed by atoms with Gasteiger partial charge in [0.05, 0.1) is 19.6 Å². The molecule has 0 unspecified atom stereocenters. The highest BCUT2D eigenvalue weighted by molar-refractivity contribution is 6.03. The minimum absolute atomic E-state index is 0.0575. The molecule has 1 aliphatic rings. The van der Waals surface area contributed by atoms with Gasteiger partial charge in [0.1, 0.15) is 0 Å². The maximum atomic E-state index is 12.3. The van der Waals surface area contributed by atoms with Crippen molar-refractivity contribution in [3.63, 3.8) is 0 Å². The van der Waals surface area contributed by atoms with Gasteiger partial charge in [-0.05, 0) is 49.1 Å². The van der Waals surface area contributed by atoms with Crippen LogP contribution in [0, 0.1) is 6.92 Å². The predicted molar refractivity (Wildman–Crippen MR) is 90.4 cm³/mol. The minimum atomic E-state index is -0.160. The maximum Gasteiger partial charge on any atom is 0.232 e. The van der Waals surface area contributed by atoms with Crippen LogP contribution < -0.4 is 14.8 Å². The van der Waals surface area contributed by atoms with Gasteiger partial charge in [-0.15, -0.1) is 0 Å². The fourth-order valence-corrected chi connectivity index (χ4v) is 3.06. The van der Waals surface area contributed by atoms with Gasteiger partial charge in [0.2, 0.25) is 5.91 Å². The standard InChI is InChI=1S/C19H21NO3/c1-4-23-16-9-8-13(11-17(16)22-3)10-15-14-7-5-6-12(2)18(14)20-19(15)21/h5-9,11,15H,4,10H2,1-3H3,(H,20,21)/t15-/m0/s1. The van der Waals surface area contributed by atoms with Crippen LogP contribution in [0.1, 0.15) is 29.5 Å². The number of para-hydroxylation sites is 1. The number of ether oxygens (including phenoxy) is 2. The normalized spacial score (nSPS) is 16.0. The van der Waals surface area contributed by atoms with Crippen molar-refractivity contribution in [1.29, 1.82) is 0 Å². The van der Waals surface area contributed by atoms with Crippen LogP contribution in [-0.4, -0.2) is 19.6 Å². The van der Waals surface area contributed by atoms with Crippen molar-refractivity contribution in [2.45, 2.75) is 26.2 Å². The molecule has 4 heteroatoms. The Kier molecular flexibility index (Phi) is 4.24. The molecular weight excluding hydrogens is 290 g/mol. The first-order valence-electron chi connectivity index (χ1n) is 7.84. The van der Waals surface area contributed by atoms with Gasteiger partial charge in [0, 0.05) is 5.69 Å². The van der Waals surface area contributed by atoms with E-state index in [2.05, 4.69) is 5.32 Å². The number of methoxy groups -OCH3 is 1. The molecule has 4 nitrogen and oxygen atoms in total. The quantitative estimate of drug-likeness (QED) is 0.916. The summed E-state index contributed by atoms with van der Waals surface area (Å²) in [6.07, 6.45) is 0.644. The van der Waals surface area contributed by atoms with Gasteiger partial charge in [0.15, 0.2) is 11.5 Å². The molecule has 0 saturated heterocycles. The number of fused-ring (bicyclic) bond motifs is 1. The molecule has 1 aliphatic heterocycles. The molecule has 0 saturated carbocycles. The van der Waals surface area contributed by atoms with E-state index in [0.717, 1.165) is 28.1 Å². The Labute approximate surface area is 136 Å². The van der Waals surface area contributed by atoms with E-state index in [1.54, 1.807) is 7.11 Å².